The Morgan fingerprint density at radius 3 is 2.53 bits per heavy atom. The van der Waals surface area contributed by atoms with Crippen LogP contribution in [0.3, 0.4) is 0 Å². The molecule has 88 valence electrons. The molecule has 1 fully saturated rings. The second kappa shape index (κ2) is 5.10. The van der Waals surface area contributed by atoms with Crippen LogP contribution in [-0.2, 0) is 4.79 Å². The highest BCUT2D eigenvalue weighted by Gasteiger charge is 2.37. The Bertz CT molecular complexity index is 225. The molecule has 0 saturated heterocycles. The first-order valence-electron chi connectivity index (χ1n) is 5.19. The summed E-state index contributed by atoms with van der Waals surface area (Å²) in [5.74, 6) is -2.64. The highest BCUT2D eigenvalue weighted by atomic mass is 35.5. The lowest BCUT2D eigenvalue weighted by atomic mass is 9.86. The molecule has 1 saturated carbocycles. The van der Waals surface area contributed by atoms with Crippen molar-refractivity contribution in [2.75, 3.05) is 5.88 Å². The monoisotopic (exact) mass is 239 g/mol. The van der Waals surface area contributed by atoms with E-state index in [-0.39, 0.29) is 43.6 Å². The van der Waals surface area contributed by atoms with E-state index in [1.54, 1.807) is 6.92 Å². The van der Waals surface area contributed by atoms with Crippen molar-refractivity contribution < 1.29 is 13.6 Å². The SMILES string of the molecule is CC(CCl)NC(=O)C1CCC(F)(F)CC1. The van der Waals surface area contributed by atoms with Crippen LogP contribution in [0.4, 0.5) is 8.78 Å². The summed E-state index contributed by atoms with van der Waals surface area (Å²) in [6.07, 6.45) is 0.183. The van der Waals surface area contributed by atoms with Crippen LogP contribution in [0.5, 0.6) is 0 Å². The molecule has 5 heteroatoms. The van der Waals surface area contributed by atoms with Gasteiger partial charge in [-0.1, -0.05) is 0 Å². The fourth-order valence-electron chi connectivity index (χ4n) is 1.70. The molecule has 0 aromatic rings. The average molecular weight is 240 g/mol. The van der Waals surface area contributed by atoms with Gasteiger partial charge in [0, 0.05) is 30.7 Å². The van der Waals surface area contributed by atoms with Gasteiger partial charge in [-0.2, -0.15) is 0 Å². The Balaban J connectivity index is 2.36. The normalized spacial score (nSPS) is 23.5. The zero-order valence-corrected chi connectivity index (χ0v) is 9.49. The maximum Gasteiger partial charge on any atom is 0.248 e. The molecule has 0 spiro atoms. The van der Waals surface area contributed by atoms with Gasteiger partial charge in [-0.25, -0.2) is 8.78 Å². The van der Waals surface area contributed by atoms with Crippen molar-refractivity contribution in [3.63, 3.8) is 0 Å². The highest BCUT2D eigenvalue weighted by molar-refractivity contribution is 6.18. The van der Waals surface area contributed by atoms with E-state index in [9.17, 15) is 13.6 Å². The Kier molecular flexibility index (Phi) is 4.32. The number of carbonyl (C=O) groups excluding carboxylic acids is 1. The standard InChI is InChI=1S/C10H16ClF2NO/c1-7(6-11)14-9(15)8-2-4-10(12,13)5-3-8/h7-8H,2-6H2,1H3,(H,14,15). The van der Waals surface area contributed by atoms with Gasteiger partial charge >= 0.3 is 0 Å². The molecule has 1 amide bonds. The van der Waals surface area contributed by atoms with Gasteiger partial charge in [-0.05, 0) is 19.8 Å². The van der Waals surface area contributed by atoms with Gasteiger partial charge in [0.25, 0.3) is 0 Å². The molecule has 0 radical (unpaired) electrons. The third-order valence-electron chi connectivity index (χ3n) is 2.71. The molecule has 1 rings (SSSR count). The molecule has 1 aliphatic carbocycles. The van der Waals surface area contributed by atoms with Gasteiger partial charge in [-0.15, -0.1) is 11.6 Å². The molecular formula is C10H16ClF2NO. The van der Waals surface area contributed by atoms with Crippen molar-refractivity contribution in [3.8, 4) is 0 Å². The molecule has 1 atom stereocenters. The van der Waals surface area contributed by atoms with E-state index < -0.39 is 5.92 Å². The molecule has 0 aliphatic heterocycles. The minimum Gasteiger partial charge on any atom is -0.352 e. The van der Waals surface area contributed by atoms with Crippen molar-refractivity contribution in [1.82, 2.24) is 5.32 Å². The lowest BCUT2D eigenvalue weighted by Crippen LogP contribution is -2.40. The van der Waals surface area contributed by atoms with E-state index in [2.05, 4.69) is 5.32 Å². The summed E-state index contributed by atoms with van der Waals surface area (Å²) in [5, 5.41) is 2.71. The predicted molar refractivity (Wildman–Crippen MR) is 55.2 cm³/mol. The van der Waals surface area contributed by atoms with Crippen LogP contribution in [-0.4, -0.2) is 23.8 Å². The fraction of sp³-hybridized carbons (Fsp3) is 0.900. The van der Waals surface area contributed by atoms with Gasteiger partial charge in [0.15, 0.2) is 0 Å². The topological polar surface area (TPSA) is 29.1 Å². The predicted octanol–water partition coefficient (Wildman–Crippen LogP) is 2.56. The molecule has 0 aromatic carbocycles. The molecule has 0 bridgehead atoms. The van der Waals surface area contributed by atoms with Gasteiger partial charge in [0.1, 0.15) is 0 Å². The van der Waals surface area contributed by atoms with Crippen molar-refractivity contribution in [3.05, 3.63) is 0 Å². The van der Waals surface area contributed by atoms with Gasteiger partial charge in [-0.3, -0.25) is 4.79 Å². The summed E-state index contributed by atoms with van der Waals surface area (Å²) in [7, 11) is 0. The third kappa shape index (κ3) is 3.93. The first-order chi connectivity index (χ1) is 6.94. The maximum atomic E-state index is 12.8. The largest absolute Gasteiger partial charge is 0.352 e. The summed E-state index contributed by atoms with van der Waals surface area (Å²) in [5.41, 5.74) is 0. The number of amides is 1. The maximum absolute atomic E-state index is 12.8. The summed E-state index contributed by atoms with van der Waals surface area (Å²) in [4.78, 5) is 11.6. The minimum absolute atomic E-state index is 0.0957. The molecule has 0 aromatic heterocycles. The number of alkyl halides is 3. The van der Waals surface area contributed by atoms with Crippen molar-refractivity contribution >= 4 is 17.5 Å². The minimum atomic E-state index is -2.57. The quantitative estimate of drug-likeness (QED) is 0.754. The summed E-state index contributed by atoms with van der Waals surface area (Å²) in [6.45, 7) is 1.79. The summed E-state index contributed by atoms with van der Waals surface area (Å²) >= 11 is 5.55. The number of halogens is 3. The molecule has 1 aliphatic rings. The number of hydrogen-bond acceptors (Lipinski definition) is 1. The second-order valence-corrected chi connectivity index (χ2v) is 4.50. The van der Waals surface area contributed by atoms with Crippen LogP contribution in [0, 0.1) is 5.92 Å². The van der Waals surface area contributed by atoms with Crippen molar-refractivity contribution in [1.29, 1.82) is 0 Å². The number of hydrogen-bond donors (Lipinski definition) is 1. The van der Waals surface area contributed by atoms with E-state index in [1.807, 2.05) is 0 Å². The molecular weight excluding hydrogens is 224 g/mol. The number of rotatable bonds is 3. The molecule has 0 heterocycles. The highest BCUT2D eigenvalue weighted by Crippen LogP contribution is 2.36. The van der Waals surface area contributed by atoms with E-state index >= 15 is 0 Å². The van der Waals surface area contributed by atoms with E-state index in [0.29, 0.717) is 5.88 Å². The third-order valence-corrected chi connectivity index (χ3v) is 3.17. The van der Waals surface area contributed by atoms with Gasteiger partial charge in [0.2, 0.25) is 11.8 Å². The van der Waals surface area contributed by atoms with Crippen LogP contribution < -0.4 is 5.32 Å². The van der Waals surface area contributed by atoms with E-state index in [0.717, 1.165) is 0 Å². The second-order valence-electron chi connectivity index (χ2n) is 4.19. The Morgan fingerprint density at radius 1 is 1.53 bits per heavy atom. The van der Waals surface area contributed by atoms with Crippen LogP contribution in [0.1, 0.15) is 32.6 Å². The lowest BCUT2D eigenvalue weighted by Gasteiger charge is -2.28. The first kappa shape index (κ1) is 12.7. The zero-order chi connectivity index (χ0) is 11.5. The molecule has 2 nitrogen and oxygen atoms in total. The summed E-state index contributed by atoms with van der Waals surface area (Å²) < 4.78 is 25.6. The molecule has 1 N–H and O–H groups in total. The van der Waals surface area contributed by atoms with E-state index in [1.165, 1.54) is 0 Å². The van der Waals surface area contributed by atoms with Crippen molar-refractivity contribution in [2.45, 2.75) is 44.6 Å². The van der Waals surface area contributed by atoms with Gasteiger partial charge < -0.3 is 5.32 Å². The number of carbonyl (C=O) groups is 1. The zero-order valence-electron chi connectivity index (χ0n) is 8.73. The lowest BCUT2D eigenvalue weighted by molar-refractivity contribution is -0.129. The Morgan fingerprint density at radius 2 is 2.07 bits per heavy atom. The Hall–Kier alpha value is -0.380. The van der Waals surface area contributed by atoms with Crippen molar-refractivity contribution in [2.24, 2.45) is 5.92 Å². The van der Waals surface area contributed by atoms with Crippen LogP contribution in [0.15, 0.2) is 0 Å². The fourth-order valence-corrected chi connectivity index (χ4v) is 1.78. The number of nitrogens with one attached hydrogen (secondary N) is 1. The Labute approximate surface area is 93.4 Å². The molecule has 1 unspecified atom stereocenters. The molecule has 15 heavy (non-hydrogen) atoms. The van der Waals surface area contributed by atoms with Gasteiger partial charge in [0.05, 0.1) is 0 Å². The first-order valence-corrected chi connectivity index (χ1v) is 5.72. The summed E-state index contributed by atoms with van der Waals surface area (Å²) in [6, 6.07) is -0.0957. The van der Waals surface area contributed by atoms with Crippen LogP contribution in [0.25, 0.3) is 0 Å². The average Bonchev–Trinajstić information content (AvgIpc) is 2.17. The van der Waals surface area contributed by atoms with E-state index in [4.69, 9.17) is 11.6 Å². The smallest absolute Gasteiger partial charge is 0.248 e. The van der Waals surface area contributed by atoms with Crippen LogP contribution >= 0.6 is 11.6 Å². The van der Waals surface area contributed by atoms with Crippen LogP contribution in [0.2, 0.25) is 0 Å².